The second-order valence-corrected chi connectivity index (χ2v) is 6.28. The van der Waals surface area contributed by atoms with E-state index in [-0.39, 0.29) is 5.56 Å². The summed E-state index contributed by atoms with van der Waals surface area (Å²) in [6.45, 7) is 1.61. The van der Waals surface area contributed by atoms with Gasteiger partial charge in [0.15, 0.2) is 0 Å². The van der Waals surface area contributed by atoms with E-state index >= 15 is 0 Å². The van der Waals surface area contributed by atoms with Crippen molar-refractivity contribution in [2.24, 2.45) is 11.8 Å². The summed E-state index contributed by atoms with van der Waals surface area (Å²) in [6.07, 6.45) is 5.33. The van der Waals surface area contributed by atoms with Crippen LogP contribution in [-0.4, -0.2) is 5.11 Å². The normalized spacial score (nSPS) is 31.5. The summed E-state index contributed by atoms with van der Waals surface area (Å²) in [6, 6.07) is 2.70. The number of aryl methyl sites for hydroxylation is 1. The standard InChI is InChI=1S/C16H20F2O/c1-10-4-7-13(17)14(15(10)18)16(19)8-2-3-12(9-16)11-5-6-11/h4,7,11-12,19H,2-3,5-6,8-9H2,1H3. The zero-order valence-corrected chi connectivity index (χ0v) is 11.3. The van der Waals surface area contributed by atoms with Crippen LogP contribution in [0.5, 0.6) is 0 Å². The smallest absolute Gasteiger partial charge is 0.135 e. The Morgan fingerprint density at radius 1 is 1.16 bits per heavy atom. The number of hydrogen-bond acceptors (Lipinski definition) is 1. The molecule has 0 radical (unpaired) electrons. The third-order valence-corrected chi connectivity index (χ3v) is 4.80. The minimum atomic E-state index is -1.31. The van der Waals surface area contributed by atoms with Crippen LogP contribution in [-0.2, 0) is 5.60 Å². The van der Waals surface area contributed by atoms with Crippen LogP contribution in [0.25, 0.3) is 0 Å². The maximum Gasteiger partial charge on any atom is 0.135 e. The van der Waals surface area contributed by atoms with E-state index in [2.05, 4.69) is 0 Å². The largest absolute Gasteiger partial charge is 0.385 e. The Morgan fingerprint density at radius 3 is 2.58 bits per heavy atom. The lowest BCUT2D eigenvalue weighted by Gasteiger charge is -2.38. The van der Waals surface area contributed by atoms with Gasteiger partial charge in [0.25, 0.3) is 0 Å². The molecule has 2 saturated carbocycles. The summed E-state index contributed by atoms with van der Waals surface area (Å²) in [5.74, 6) is -0.0817. The molecule has 1 nitrogen and oxygen atoms in total. The van der Waals surface area contributed by atoms with Crippen LogP contribution in [0.2, 0.25) is 0 Å². The molecule has 104 valence electrons. The van der Waals surface area contributed by atoms with E-state index in [4.69, 9.17) is 0 Å². The first-order valence-corrected chi connectivity index (χ1v) is 7.19. The fraction of sp³-hybridized carbons (Fsp3) is 0.625. The maximum atomic E-state index is 14.2. The molecule has 1 aromatic rings. The van der Waals surface area contributed by atoms with E-state index in [0.717, 1.165) is 12.8 Å². The molecule has 0 spiro atoms. The molecule has 0 aromatic heterocycles. The summed E-state index contributed by atoms with van der Waals surface area (Å²) in [5.41, 5.74) is -1.01. The predicted molar refractivity (Wildman–Crippen MR) is 69.7 cm³/mol. The molecule has 0 bridgehead atoms. The first-order chi connectivity index (χ1) is 9.01. The number of benzene rings is 1. The maximum absolute atomic E-state index is 14.2. The topological polar surface area (TPSA) is 20.2 Å². The van der Waals surface area contributed by atoms with E-state index in [9.17, 15) is 13.9 Å². The van der Waals surface area contributed by atoms with E-state index in [1.807, 2.05) is 0 Å². The molecule has 0 amide bonds. The average Bonchev–Trinajstić information content (AvgIpc) is 3.18. The second-order valence-electron chi connectivity index (χ2n) is 6.28. The first kappa shape index (κ1) is 13.0. The molecule has 19 heavy (non-hydrogen) atoms. The number of aliphatic hydroxyl groups is 1. The molecule has 2 fully saturated rings. The van der Waals surface area contributed by atoms with Gasteiger partial charge in [-0.05, 0) is 68.9 Å². The van der Waals surface area contributed by atoms with Crippen molar-refractivity contribution < 1.29 is 13.9 Å². The van der Waals surface area contributed by atoms with Crippen LogP contribution in [0.3, 0.4) is 0 Å². The van der Waals surface area contributed by atoms with Gasteiger partial charge in [0.1, 0.15) is 11.6 Å². The molecule has 0 saturated heterocycles. The first-order valence-electron chi connectivity index (χ1n) is 7.19. The average molecular weight is 266 g/mol. The lowest BCUT2D eigenvalue weighted by molar-refractivity contribution is -0.0308. The number of rotatable bonds is 2. The lowest BCUT2D eigenvalue weighted by Crippen LogP contribution is -2.35. The molecule has 0 aliphatic heterocycles. The molecule has 2 aliphatic carbocycles. The van der Waals surface area contributed by atoms with Gasteiger partial charge >= 0.3 is 0 Å². The quantitative estimate of drug-likeness (QED) is 0.855. The van der Waals surface area contributed by atoms with Crippen LogP contribution >= 0.6 is 0 Å². The number of hydrogen-bond donors (Lipinski definition) is 1. The van der Waals surface area contributed by atoms with Gasteiger partial charge < -0.3 is 5.11 Å². The summed E-state index contributed by atoms with van der Waals surface area (Å²) in [5, 5.41) is 10.8. The third-order valence-electron chi connectivity index (χ3n) is 4.80. The summed E-state index contributed by atoms with van der Waals surface area (Å²) in [4.78, 5) is 0. The zero-order valence-electron chi connectivity index (χ0n) is 11.3. The highest BCUT2D eigenvalue weighted by molar-refractivity contribution is 5.32. The predicted octanol–water partition coefficient (Wildman–Crippen LogP) is 4.06. The van der Waals surface area contributed by atoms with Crippen molar-refractivity contribution in [3.8, 4) is 0 Å². The van der Waals surface area contributed by atoms with E-state index < -0.39 is 17.2 Å². The van der Waals surface area contributed by atoms with Crippen LogP contribution in [0.15, 0.2) is 12.1 Å². The van der Waals surface area contributed by atoms with Gasteiger partial charge in [-0.25, -0.2) is 8.78 Å². The van der Waals surface area contributed by atoms with Gasteiger partial charge in [-0.2, -0.15) is 0 Å². The Labute approximate surface area is 112 Å². The highest BCUT2D eigenvalue weighted by atomic mass is 19.1. The van der Waals surface area contributed by atoms with Crippen molar-refractivity contribution >= 4 is 0 Å². The summed E-state index contributed by atoms with van der Waals surface area (Å²) >= 11 is 0. The van der Waals surface area contributed by atoms with Crippen molar-refractivity contribution in [1.29, 1.82) is 0 Å². The fourth-order valence-corrected chi connectivity index (χ4v) is 3.57. The molecule has 2 atom stereocenters. The Kier molecular flexibility index (Phi) is 3.12. The van der Waals surface area contributed by atoms with Crippen molar-refractivity contribution in [1.82, 2.24) is 0 Å². The summed E-state index contributed by atoms with van der Waals surface area (Å²) < 4.78 is 28.2. The van der Waals surface area contributed by atoms with Crippen LogP contribution in [0.1, 0.15) is 49.7 Å². The minimum Gasteiger partial charge on any atom is -0.385 e. The Hall–Kier alpha value is -0.960. The van der Waals surface area contributed by atoms with E-state index in [1.54, 1.807) is 6.92 Å². The molecular formula is C16H20F2O. The monoisotopic (exact) mass is 266 g/mol. The van der Waals surface area contributed by atoms with E-state index in [0.29, 0.717) is 30.2 Å². The summed E-state index contributed by atoms with van der Waals surface area (Å²) in [7, 11) is 0. The zero-order chi connectivity index (χ0) is 13.6. The van der Waals surface area contributed by atoms with Gasteiger partial charge in [-0.1, -0.05) is 6.07 Å². The SMILES string of the molecule is Cc1ccc(F)c(C2(O)CCCC(C3CC3)C2)c1F. The molecule has 2 unspecified atom stereocenters. The van der Waals surface area contributed by atoms with Crippen molar-refractivity contribution in [3.05, 3.63) is 34.9 Å². The molecule has 1 N–H and O–H groups in total. The molecule has 3 heteroatoms. The van der Waals surface area contributed by atoms with E-state index in [1.165, 1.54) is 25.0 Å². The molecule has 0 heterocycles. The van der Waals surface area contributed by atoms with Gasteiger partial charge in [-0.3, -0.25) is 0 Å². The Balaban J connectivity index is 1.97. The van der Waals surface area contributed by atoms with Gasteiger partial charge in [0.2, 0.25) is 0 Å². The second kappa shape index (κ2) is 4.55. The Morgan fingerprint density at radius 2 is 1.89 bits per heavy atom. The highest BCUT2D eigenvalue weighted by Gasteiger charge is 2.44. The molecule has 3 rings (SSSR count). The highest BCUT2D eigenvalue weighted by Crippen LogP contribution is 2.50. The van der Waals surface area contributed by atoms with Gasteiger partial charge in [0, 0.05) is 0 Å². The van der Waals surface area contributed by atoms with Gasteiger partial charge in [0.05, 0.1) is 11.2 Å². The fourth-order valence-electron chi connectivity index (χ4n) is 3.57. The van der Waals surface area contributed by atoms with Crippen LogP contribution < -0.4 is 0 Å². The van der Waals surface area contributed by atoms with Crippen LogP contribution in [0.4, 0.5) is 8.78 Å². The van der Waals surface area contributed by atoms with Crippen molar-refractivity contribution in [3.63, 3.8) is 0 Å². The third kappa shape index (κ3) is 2.29. The minimum absolute atomic E-state index is 0.0992. The van der Waals surface area contributed by atoms with Crippen molar-refractivity contribution in [2.45, 2.75) is 51.0 Å². The molecular weight excluding hydrogens is 246 g/mol. The van der Waals surface area contributed by atoms with Crippen LogP contribution in [0, 0.1) is 30.4 Å². The Bertz CT molecular complexity index is 496. The van der Waals surface area contributed by atoms with Gasteiger partial charge in [-0.15, -0.1) is 0 Å². The number of halogens is 2. The lowest BCUT2D eigenvalue weighted by atomic mass is 9.72. The van der Waals surface area contributed by atoms with Crippen molar-refractivity contribution in [2.75, 3.05) is 0 Å². The molecule has 1 aromatic carbocycles. The molecule has 2 aliphatic rings.